The number of benzene rings is 1. The molecule has 0 aliphatic carbocycles. The van der Waals surface area contributed by atoms with Crippen molar-refractivity contribution < 1.29 is 14.6 Å². The summed E-state index contributed by atoms with van der Waals surface area (Å²) >= 11 is 12.1. The number of hydrogen-bond donors (Lipinski definition) is 1. The van der Waals surface area contributed by atoms with Crippen LogP contribution in [0.5, 0.6) is 5.75 Å². The molecule has 1 aromatic rings. The van der Waals surface area contributed by atoms with E-state index in [4.69, 9.17) is 32.7 Å². The van der Waals surface area contributed by atoms with Crippen LogP contribution in [0.3, 0.4) is 0 Å². The Morgan fingerprint density at radius 2 is 2.19 bits per heavy atom. The predicted molar refractivity (Wildman–Crippen MR) is 84.3 cm³/mol. The molecule has 6 heteroatoms. The van der Waals surface area contributed by atoms with E-state index in [0.29, 0.717) is 40.6 Å². The van der Waals surface area contributed by atoms with E-state index in [9.17, 15) is 5.11 Å². The van der Waals surface area contributed by atoms with E-state index < -0.39 is 0 Å². The molecule has 1 saturated heterocycles. The van der Waals surface area contributed by atoms with Crippen LogP contribution < -0.4 is 4.74 Å². The first-order valence-corrected chi connectivity index (χ1v) is 7.84. The van der Waals surface area contributed by atoms with Crippen LogP contribution in [0.2, 0.25) is 10.0 Å². The van der Waals surface area contributed by atoms with Gasteiger partial charge < -0.3 is 14.6 Å². The van der Waals surface area contributed by atoms with Gasteiger partial charge in [0.1, 0.15) is 18.5 Å². The minimum atomic E-state index is -0.167. The van der Waals surface area contributed by atoms with Crippen molar-refractivity contribution in [3.05, 3.63) is 27.7 Å². The van der Waals surface area contributed by atoms with E-state index in [0.717, 1.165) is 13.1 Å². The molecule has 0 aromatic heterocycles. The Labute approximate surface area is 135 Å². The molecule has 4 nitrogen and oxygen atoms in total. The van der Waals surface area contributed by atoms with Crippen molar-refractivity contribution in [2.75, 3.05) is 26.3 Å². The highest BCUT2D eigenvalue weighted by atomic mass is 35.5. The van der Waals surface area contributed by atoms with Gasteiger partial charge in [-0.2, -0.15) is 0 Å². The summed E-state index contributed by atoms with van der Waals surface area (Å²) in [6.07, 6.45) is -0.000521. The quantitative estimate of drug-likeness (QED) is 0.899. The number of morpholine rings is 1. The second kappa shape index (κ2) is 7.65. The molecular formula is C15H21Cl2NO3. The van der Waals surface area contributed by atoms with Gasteiger partial charge in [0.25, 0.3) is 0 Å². The zero-order valence-corrected chi connectivity index (χ0v) is 13.8. The van der Waals surface area contributed by atoms with Gasteiger partial charge in [-0.3, -0.25) is 4.90 Å². The topological polar surface area (TPSA) is 41.9 Å². The number of rotatable bonds is 5. The third-order valence-electron chi connectivity index (χ3n) is 3.57. The van der Waals surface area contributed by atoms with E-state index in [1.54, 1.807) is 12.1 Å². The first-order valence-electron chi connectivity index (χ1n) is 7.08. The SMILES string of the molecule is CC(C)N1CCOC(COc2c(Cl)cc(Cl)cc2CO)C1. The standard InChI is InChI=1S/C15H21Cl2NO3/c1-10(2)18-3-4-20-13(7-18)9-21-15-11(8-19)5-12(16)6-14(15)17/h5-6,10,13,19H,3-4,7-9H2,1-2H3. The lowest BCUT2D eigenvalue weighted by atomic mass is 10.2. The summed E-state index contributed by atoms with van der Waals surface area (Å²) in [5.74, 6) is 0.480. The van der Waals surface area contributed by atoms with Crippen LogP contribution in [0.15, 0.2) is 12.1 Å². The van der Waals surface area contributed by atoms with Gasteiger partial charge in [-0.15, -0.1) is 0 Å². The smallest absolute Gasteiger partial charge is 0.143 e. The largest absolute Gasteiger partial charge is 0.489 e. The monoisotopic (exact) mass is 333 g/mol. The van der Waals surface area contributed by atoms with Crippen molar-refractivity contribution in [3.8, 4) is 5.75 Å². The van der Waals surface area contributed by atoms with Gasteiger partial charge in [-0.1, -0.05) is 23.2 Å². The lowest BCUT2D eigenvalue weighted by Gasteiger charge is -2.35. The van der Waals surface area contributed by atoms with Gasteiger partial charge in [-0.25, -0.2) is 0 Å². The van der Waals surface area contributed by atoms with E-state index >= 15 is 0 Å². The molecule has 1 unspecified atom stereocenters. The molecule has 0 spiro atoms. The van der Waals surface area contributed by atoms with Crippen LogP contribution in [-0.2, 0) is 11.3 Å². The number of ether oxygens (including phenoxy) is 2. The van der Waals surface area contributed by atoms with E-state index in [-0.39, 0.29) is 12.7 Å². The molecule has 0 saturated carbocycles. The molecule has 0 radical (unpaired) electrons. The highest BCUT2D eigenvalue weighted by Gasteiger charge is 2.23. The van der Waals surface area contributed by atoms with E-state index in [1.807, 2.05) is 0 Å². The van der Waals surface area contributed by atoms with Gasteiger partial charge in [0, 0.05) is 29.7 Å². The fourth-order valence-corrected chi connectivity index (χ4v) is 2.97. The minimum Gasteiger partial charge on any atom is -0.489 e. The maximum absolute atomic E-state index is 9.38. The van der Waals surface area contributed by atoms with Crippen LogP contribution in [0.25, 0.3) is 0 Å². The van der Waals surface area contributed by atoms with Crippen molar-refractivity contribution in [2.24, 2.45) is 0 Å². The molecule has 21 heavy (non-hydrogen) atoms. The third-order valence-corrected chi connectivity index (χ3v) is 4.07. The first-order chi connectivity index (χ1) is 10.0. The van der Waals surface area contributed by atoms with E-state index in [2.05, 4.69) is 18.7 Å². The Hall–Kier alpha value is -0.520. The number of halogens is 2. The molecule has 1 atom stereocenters. The average molecular weight is 334 g/mol. The number of hydrogen-bond acceptors (Lipinski definition) is 4. The Morgan fingerprint density at radius 1 is 1.43 bits per heavy atom. The van der Waals surface area contributed by atoms with Crippen LogP contribution >= 0.6 is 23.2 Å². The van der Waals surface area contributed by atoms with Crippen molar-refractivity contribution >= 4 is 23.2 Å². The molecule has 118 valence electrons. The predicted octanol–water partition coefficient (Wildman–Crippen LogP) is 2.97. The molecule has 1 heterocycles. The van der Waals surface area contributed by atoms with Gasteiger partial charge in [0.2, 0.25) is 0 Å². The molecule has 2 rings (SSSR count). The Morgan fingerprint density at radius 3 is 2.86 bits per heavy atom. The zero-order valence-electron chi connectivity index (χ0n) is 12.3. The highest BCUT2D eigenvalue weighted by molar-refractivity contribution is 6.35. The van der Waals surface area contributed by atoms with Crippen LogP contribution in [0.4, 0.5) is 0 Å². The van der Waals surface area contributed by atoms with Gasteiger partial charge in [0.05, 0.1) is 18.2 Å². The number of aliphatic hydroxyl groups excluding tert-OH is 1. The van der Waals surface area contributed by atoms with E-state index in [1.165, 1.54) is 0 Å². The maximum atomic E-state index is 9.38. The van der Waals surface area contributed by atoms with Crippen molar-refractivity contribution in [1.29, 1.82) is 0 Å². The van der Waals surface area contributed by atoms with Crippen molar-refractivity contribution in [3.63, 3.8) is 0 Å². The second-order valence-corrected chi connectivity index (χ2v) is 6.27. The average Bonchev–Trinajstić information content (AvgIpc) is 2.45. The maximum Gasteiger partial charge on any atom is 0.143 e. The van der Waals surface area contributed by atoms with Crippen LogP contribution in [0.1, 0.15) is 19.4 Å². The summed E-state index contributed by atoms with van der Waals surface area (Å²) in [5, 5.41) is 10.3. The van der Waals surface area contributed by atoms with Gasteiger partial charge in [-0.05, 0) is 26.0 Å². The summed E-state index contributed by atoms with van der Waals surface area (Å²) in [7, 11) is 0. The minimum absolute atomic E-state index is 0.000521. The molecular weight excluding hydrogens is 313 g/mol. The van der Waals surface area contributed by atoms with Gasteiger partial charge >= 0.3 is 0 Å². The zero-order chi connectivity index (χ0) is 15.4. The molecule has 1 aliphatic rings. The number of nitrogens with zero attached hydrogens (tertiary/aromatic N) is 1. The normalized spacial score (nSPS) is 20.0. The van der Waals surface area contributed by atoms with Crippen molar-refractivity contribution in [1.82, 2.24) is 4.90 Å². The number of aliphatic hydroxyl groups is 1. The first kappa shape index (κ1) is 16.8. The van der Waals surface area contributed by atoms with Crippen LogP contribution in [-0.4, -0.2) is 48.5 Å². The van der Waals surface area contributed by atoms with Crippen molar-refractivity contribution in [2.45, 2.75) is 32.6 Å². The molecule has 1 N–H and O–H groups in total. The van der Waals surface area contributed by atoms with Crippen LogP contribution in [0, 0.1) is 0 Å². The lowest BCUT2D eigenvalue weighted by molar-refractivity contribution is -0.0566. The summed E-state index contributed by atoms with van der Waals surface area (Å²) in [5.41, 5.74) is 0.587. The van der Waals surface area contributed by atoms with Gasteiger partial charge in [0.15, 0.2) is 0 Å². The fourth-order valence-electron chi connectivity index (χ4n) is 2.38. The second-order valence-electron chi connectivity index (χ2n) is 5.43. The molecule has 0 bridgehead atoms. The molecule has 1 aliphatic heterocycles. The summed E-state index contributed by atoms with van der Waals surface area (Å²) in [6, 6.07) is 3.76. The summed E-state index contributed by atoms with van der Waals surface area (Å²) in [6.45, 7) is 7.05. The highest BCUT2D eigenvalue weighted by Crippen LogP contribution is 2.32. The third kappa shape index (κ3) is 4.47. The molecule has 0 amide bonds. The Kier molecular flexibility index (Phi) is 6.14. The molecule has 1 fully saturated rings. The lowest BCUT2D eigenvalue weighted by Crippen LogP contribution is -2.47. The fraction of sp³-hybridized carbons (Fsp3) is 0.600. The summed E-state index contributed by atoms with van der Waals surface area (Å²) in [4.78, 5) is 2.36. The Balaban J connectivity index is 2.00. The summed E-state index contributed by atoms with van der Waals surface area (Å²) < 4.78 is 11.5. The molecule has 1 aromatic carbocycles. The Bertz CT molecular complexity index is 482.